The van der Waals surface area contributed by atoms with E-state index in [1.165, 1.54) is 0 Å². The summed E-state index contributed by atoms with van der Waals surface area (Å²) < 4.78 is 12.0. The first-order valence-corrected chi connectivity index (χ1v) is 7.91. The number of hydrogen-bond acceptors (Lipinski definition) is 5. The van der Waals surface area contributed by atoms with Crippen LogP contribution in [-0.4, -0.2) is 34.7 Å². The number of esters is 2. The summed E-state index contributed by atoms with van der Waals surface area (Å²) in [6, 6.07) is 6.68. The summed E-state index contributed by atoms with van der Waals surface area (Å²) in [5, 5.41) is 0. The summed E-state index contributed by atoms with van der Waals surface area (Å²) in [5.41, 5.74) is 1.55. The molecule has 0 spiro atoms. The Bertz CT molecular complexity index is 665. The van der Waals surface area contributed by atoms with Crippen molar-refractivity contribution < 1.29 is 19.1 Å². The molecule has 1 aromatic heterocycles. The van der Waals surface area contributed by atoms with Gasteiger partial charge in [0.05, 0.1) is 37.0 Å². The van der Waals surface area contributed by atoms with E-state index in [9.17, 15) is 9.59 Å². The summed E-state index contributed by atoms with van der Waals surface area (Å²) >= 11 is 0. The third-order valence-corrected chi connectivity index (χ3v) is 3.50. The maximum absolute atomic E-state index is 12.3. The molecule has 0 fully saturated rings. The first-order chi connectivity index (χ1) is 11.2. The van der Waals surface area contributed by atoms with Gasteiger partial charge in [-0.2, -0.15) is 0 Å². The normalized spacial score (nSPS) is 12.1. The van der Waals surface area contributed by atoms with Crippen molar-refractivity contribution >= 4 is 23.0 Å². The fourth-order valence-electron chi connectivity index (χ4n) is 2.31. The molecule has 1 aromatic carbocycles. The first-order valence-electron chi connectivity index (χ1n) is 7.91. The highest BCUT2D eigenvalue weighted by Crippen LogP contribution is 2.22. The van der Waals surface area contributed by atoms with Crippen molar-refractivity contribution in [2.45, 2.75) is 39.2 Å². The molecule has 0 bridgehead atoms. The van der Waals surface area contributed by atoms with Gasteiger partial charge in [-0.25, -0.2) is 9.78 Å². The second-order valence-corrected chi connectivity index (χ2v) is 5.19. The van der Waals surface area contributed by atoms with Gasteiger partial charge in [0.25, 0.3) is 0 Å². The highest BCUT2D eigenvalue weighted by atomic mass is 16.5. The Labute approximate surface area is 135 Å². The van der Waals surface area contributed by atoms with Crippen LogP contribution in [0.4, 0.5) is 0 Å². The van der Waals surface area contributed by atoms with Crippen molar-refractivity contribution in [1.29, 1.82) is 0 Å². The SMILES string of the molecule is CCCCOC(=O)CC(C(=O)OCC)n1cnc2ccccc21. The predicted molar refractivity (Wildman–Crippen MR) is 85.9 cm³/mol. The summed E-state index contributed by atoms with van der Waals surface area (Å²) in [6.45, 7) is 4.38. The molecule has 0 aliphatic rings. The van der Waals surface area contributed by atoms with Crippen LogP contribution >= 0.6 is 0 Å². The molecule has 0 radical (unpaired) electrons. The molecule has 124 valence electrons. The standard InChI is InChI=1S/C17H22N2O4/c1-3-5-10-23-16(20)11-15(17(21)22-4-2)19-12-18-13-8-6-7-9-14(13)19/h6-9,12,15H,3-5,10-11H2,1-2H3. The van der Waals surface area contributed by atoms with Gasteiger partial charge in [0.15, 0.2) is 0 Å². The maximum atomic E-state index is 12.3. The molecule has 0 N–H and O–H groups in total. The monoisotopic (exact) mass is 318 g/mol. The van der Waals surface area contributed by atoms with E-state index in [-0.39, 0.29) is 13.0 Å². The van der Waals surface area contributed by atoms with E-state index in [0.717, 1.165) is 23.9 Å². The molecule has 6 nitrogen and oxygen atoms in total. The molecule has 0 aliphatic carbocycles. The van der Waals surface area contributed by atoms with Gasteiger partial charge in [-0.3, -0.25) is 4.79 Å². The average Bonchev–Trinajstić information content (AvgIpc) is 2.97. The van der Waals surface area contributed by atoms with Crippen LogP contribution in [0.3, 0.4) is 0 Å². The Morgan fingerprint density at radius 2 is 2.00 bits per heavy atom. The molecule has 23 heavy (non-hydrogen) atoms. The highest BCUT2D eigenvalue weighted by molar-refractivity contribution is 5.84. The average molecular weight is 318 g/mol. The molecule has 2 rings (SSSR count). The zero-order valence-electron chi connectivity index (χ0n) is 13.5. The largest absolute Gasteiger partial charge is 0.466 e. The van der Waals surface area contributed by atoms with Crippen LogP contribution in [0.5, 0.6) is 0 Å². The van der Waals surface area contributed by atoms with Gasteiger partial charge in [-0.15, -0.1) is 0 Å². The Kier molecular flexibility index (Phi) is 6.14. The van der Waals surface area contributed by atoms with Gasteiger partial charge in [-0.1, -0.05) is 25.5 Å². The molecular formula is C17H22N2O4. The van der Waals surface area contributed by atoms with Crippen LogP contribution in [0.15, 0.2) is 30.6 Å². The molecule has 1 heterocycles. The molecule has 1 unspecified atom stereocenters. The van der Waals surface area contributed by atoms with Crippen LogP contribution in [0, 0.1) is 0 Å². The van der Waals surface area contributed by atoms with Crippen LogP contribution in [0.2, 0.25) is 0 Å². The van der Waals surface area contributed by atoms with Gasteiger partial charge < -0.3 is 14.0 Å². The molecule has 0 aliphatic heterocycles. The van der Waals surface area contributed by atoms with Crippen molar-refractivity contribution in [2.75, 3.05) is 13.2 Å². The number of aromatic nitrogens is 2. The van der Waals surface area contributed by atoms with Crippen LogP contribution in [0.25, 0.3) is 11.0 Å². The number of ether oxygens (including phenoxy) is 2. The smallest absolute Gasteiger partial charge is 0.329 e. The molecule has 0 saturated heterocycles. The Hall–Kier alpha value is -2.37. The lowest BCUT2D eigenvalue weighted by molar-refractivity contribution is -0.154. The quantitative estimate of drug-likeness (QED) is 0.553. The van der Waals surface area contributed by atoms with Gasteiger partial charge in [0.2, 0.25) is 0 Å². The number of hydrogen-bond donors (Lipinski definition) is 0. The number of carbonyl (C=O) groups is 2. The van der Waals surface area contributed by atoms with E-state index >= 15 is 0 Å². The number of unbranched alkanes of at least 4 members (excludes halogenated alkanes) is 1. The van der Waals surface area contributed by atoms with Gasteiger partial charge in [-0.05, 0) is 25.5 Å². The van der Waals surface area contributed by atoms with E-state index in [0.29, 0.717) is 6.61 Å². The number of benzene rings is 1. The number of para-hydroxylation sites is 2. The minimum absolute atomic E-state index is 0.0666. The van der Waals surface area contributed by atoms with Crippen molar-refractivity contribution in [2.24, 2.45) is 0 Å². The minimum Gasteiger partial charge on any atom is -0.466 e. The van der Waals surface area contributed by atoms with E-state index in [2.05, 4.69) is 4.98 Å². The third-order valence-electron chi connectivity index (χ3n) is 3.50. The maximum Gasteiger partial charge on any atom is 0.329 e. The summed E-state index contributed by atoms with van der Waals surface area (Å²) in [6.07, 6.45) is 3.25. The summed E-state index contributed by atoms with van der Waals surface area (Å²) in [7, 11) is 0. The zero-order valence-corrected chi connectivity index (χ0v) is 13.5. The lowest BCUT2D eigenvalue weighted by Crippen LogP contribution is -2.25. The molecule has 6 heteroatoms. The number of nitrogens with zero attached hydrogens (tertiary/aromatic N) is 2. The van der Waals surface area contributed by atoms with E-state index in [1.807, 2.05) is 31.2 Å². The Morgan fingerprint density at radius 3 is 2.74 bits per heavy atom. The number of fused-ring (bicyclic) bond motifs is 1. The number of rotatable bonds is 8. The second kappa shape index (κ2) is 8.31. The van der Waals surface area contributed by atoms with Crippen LogP contribution in [-0.2, 0) is 19.1 Å². The summed E-state index contributed by atoms with van der Waals surface area (Å²) in [4.78, 5) is 28.5. The van der Waals surface area contributed by atoms with Crippen molar-refractivity contribution in [1.82, 2.24) is 9.55 Å². The van der Waals surface area contributed by atoms with Crippen LogP contribution < -0.4 is 0 Å². The van der Waals surface area contributed by atoms with Crippen LogP contribution in [0.1, 0.15) is 39.2 Å². The molecule has 0 amide bonds. The number of carbonyl (C=O) groups excluding carboxylic acids is 2. The molecular weight excluding hydrogens is 296 g/mol. The highest BCUT2D eigenvalue weighted by Gasteiger charge is 2.27. The van der Waals surface area contributed by atoms with Gasteiger partial charge in [0.1, 0.15) is 6.04 Å². The lowest BCUT2D eigenvalue weighted by atomic mass is 10.2. The molecule has 1 atom stereocenters. The fraction of sp³-hybridized carbons (Fsp3) is 0.471. The van der Waals surface area contributed by atoms with Crippen molar-refractivity contribution in [3.63, 3.8) is 0 Å². The van der Waals surface area contributed by atoms with Gasteiger partial charge >= 0.3 is 11.9 Å². The van der Waals surface area contributed by atoms with Gasteiger partial charge in [0, 0.05) is 0 Å². The first kappa shape index (κ1) is 17.0. The molecule has 0 saturated carbocycles. The third kappa shape index (κ3) is 4.31. The van der Waals surface area contributed by atoms with Crippen molar-refractivity contribution in [3.05, 3.63) is 30.6 Å². The zero-order chi connectivity index (χ0) is 16.7. The fourth-order valence-corrected chi connectivity index (χ4v) is 2.31. The van der Waals surface area contributed by atoms with E-state index in [4.69, 9.17) is 9.47 Å². The topological polar surface area (TPSA) is 70.4 Å². The van der Waals surface area contributed by atoms with Crippen molar-refractivity contribution in [3.8, 4) is 0 Å². The summed E-state index contributed by atoms with van der Waals surface area (Å²) in [5.74, 6) is -0.864. The second-order valence-electron chi connectivity index (χ2n) is 5.19. The minimum atomic E-state index is -0.767. The van der Waals surface area contributed by atoms with E-state index in [1.54, 1.807) is 17.8 Å². The number of imidazole rings is 1. The molecule has 2 aromatic rings. The Balaban J connectivity index is 2.20. The predicted octanol–water partition coefficient (Wildman–Crippen LogP) is 2.87. The van der Waals surface area contributed by atoms with E-state index < -0.39 is 18.0 Å². The lowest BCUT2D eigenvalue weighted by Gasteiger charge is -2.17. The Morgan fingerprint density at radius 1 is 1.22 bits per heavy atom.